The van der Waals surface area contributed by atoms with Crippen LogP contribution in [0.15, 0.2) is 114 Å². The Morgan fingerprint density at radius 2 is 1.63 bits per heavy atom. The molecular formula is C49H45N9O9. The van der Waals surface area contributed by atoms with E-state index in [0.717, 1.165) is 22.2 Å². The van der Waals surface area contributed by atoms with Gasteiger partial charge in [-0.05, 0) is 60.9 Å². The Hall–Kier alpha value is -8.54. The third-order valence-electron chi connectivity index (χ3n) is 11.3. The number of anilines is 2. The molecule has 1 fully saturated rings. The minimum absolute atomic E-state index is 0.119. The smallest absolute Gasteiger partial charge is 0.269 e. The van der Waals surface area contributed by atoms with Gasteiger partial charge in [-0.1, -0.05) is 36.4 Å². The van der Waals surface area contributed by atoms with E-state index in [-0.39, 0.29) is 85.4 Å². The predicted octanol–water partition coefficient (Wildman–Crippen LogP) is 6.75. The number of pyridine rings is 2. The third kappa shape index (κ3) is 9.92. The van der Waals surface area contributed by atoms with Crippen molar-refractivity contribution in [1.29, 1.82) is 0 Å². The standard InChI is InChI=1S/C49H45N9O9/c1-50-46(61)35-25-53-37-16-14-28(21-34(37)44(35)54-30-9-5-4-6-10-30)29-15-17-39(52-24-29)47(62)51-20-8-11-32(59)27-67-45-41(65-2)22-31(23-42(45)66-3)56-57-38-13-7-12-33-36(38)26-58(49(33)64)40-18-19-43(60)55-48(40)63/h4-7,9-10,12-17,21-25,40H,8,11,18-20,26-27H2,1-3H3,(H,50,61)(H,51,62)(H,53,54)(H,55,60,63). The summed E-state index contributed by atoms with van der Waals surface area (Å²) < 4.78 is 17.0. The quantitative estimate of drug-likeness (QED) is 0.0423. The normalized spacial score (nSPS) is 14.4. The van der Waals surface area contributed by atoms with Gasteiger partial charge in [-0.3, -0.25) is 44.1 Å². The molecule has 0 spiro atoms. The van der Waals surface area contributed by atoms with Crippen LogP contribution >= 0.6 is 0 Å². The molecule has 4 heterocycles. The number of imide groups is 1. The van der Waals surface area contributed by atoms with Crippen molar-refractivity contribution in [1.82, 2.24) is 30.8 Å². The summed E-state index contributed by atoms with van der Waals surface area (Å²) in [7, 11) is 4.43. The second-order valence-electron chi connectivity index (χ2n) is 15.6. The maximum absolute atomic E-state index is 13.2. The fourth-order valence-corrected chi connectivity index (χ4v) is 7.82. The lowest BCUT2D eigenvalue weighted by Crippen LogP contribution is -2.52. The Bertz CT molecular complexity index is 2920. The fourth-order valence-electron chi connectivity index (χ4n) is 7.82. The zero-order valence-corrected chi connectivity index (χ0v) is 36.8. The predicted molar refractivity (Wildman–Crippen MR) is 246 cm³/mol. The van der Waals surface area contributed by atoms with Gasteiger partial charge in [0.05, 0.1) is 42.4 Å². The van der Waals surface area contributed by atoms with Crippen LogP contribution in [0.25, 0.3) is 22.0 Å². The highest BCUT2D eigenvalue weighted by molar-refractivity contribution is 6.09. The average Bonchev–Trinajstić information content (AvgIpc) is 3.69. The number of methoxy groups -OCH3 is 2. The van der Waals surface area contributed by atoms with Gasteiger partial charge in [0.25, 0.3) is 17.7 Å². The number of piperidine rings is 1. The highest BCUT2D eigenvalue weighted by atomic mass is 16.5. The van der Waals surface area contributed by atoms with Gasteiger partial charge in [0, 0.05) is 85.3 Å². The number of nitrogens with one attached hydrogen (secondary N) is 4. The molecule has 18 heteroatoms. The third-order valence-corrected chi connectivity index (χ3v) is 11.3. The van der Waals surface area contributed by atoms with E-state index in [4.69, 9.17) is 14.2 Å². The van der Waals surface area contributed by atoms with E-state index in [9.17, 15) is 28.8 Å². The first-order valence-electron chi connectivity index (χ1n) is 21.4. The molecule has 0 saturated carbocycles. The number of para-hydroxylation sites is 1. The van der Waals surface area contributed by atoms with Crippen molar-refractivity contribution in [2.75, 3.05) is 39.7 Å². The summed E-state index contributed by atoms with van der Waals surface area (Å²) in [6.45, 7) is 0.0597. The first-order valence-corrected chi connectivity index (χ1v) is 21.4. The second kappa shape index (κ2) is 20.1. The largest absolute Gasteiger partial charge is 0.493 e. The number of nitrogens with zero attached hydrogens (tertiary/aromatic N) is 5. The first-order chi connectivity index (χ1) is 32.5. The number of aromatic nitrogens is 2. The average molecular weight is 904 g/mol. The lowest BCUT2D eigenvalue weighted by molar-refractivity contribution is -0.137. The molecule has 2 aliphatic rings. The monoisotopic (exact) mass is 903 g/mol. The molecular weight excluding hydrogens is 859 g/mol. The number of carbonyl (C=O) groups excluding carboxylic acids is 6. The van der Waals surface area contributed by atoms with Crippen LogP contribution in [0.2, 0.25) is 0 Å². The Labute approximate surface area is 384 Å². The first kappa shape index (κ1) is 45.0. The molecule has 0 aliphatic carbocycles. The maximum Gasteiger partial charge on any atom is 0.269 e. The number of carbonyl (C=O) groups is 6. The Morgan fingerprint density at radius 3 is 2.34 bits per heavy atom. The number of ether oxygens (including phenoxy) is 3. The van der Waals surface area contributed by atoms with Gasteiger partial charge in [0.1, 0.15) is 18.3 Å². The Balaban J connectivity index is 0.846. The van der Waals surface area contributed by atoms with Crippen LogP contribution in [0.4, 0.5) is 22.7 Å². The molecule has 0 bridgehead atoms. The minimum Gasteiger partial charge on any atom is -0.493 e. The van der Waals surface area contributed by atoms with Crippen molar-refractivity contribution in [3.05, 3.63) is 126 Å². The molecule has 2 aliphatic heterocycles. The number of rotatable bonds is 17. The van der Waals surface area contributed by atoms with Crippen LogP contribution in [0, 0.1) is 0 Å². The van der Waals surface area contributed by atoms with Crippen molar-refractivity contribution >= 4 is 69.0 Å². The molecule has 0 radical (unpaired) electrons. The summed E-state index contributed by atoms with van der Waals surface area (Å²) in [5.41, 5.74) is 6.04. The van der Waals surface area contributed by atoms with Gasteiger partial charge in [0.15, 0.2) is 17.3 Å². The molecule has 1 saturated heterocycles. The van der Waals surface area contributed by atoms with E-state index < -0.39 is 17.9 Å². The Morgan fingerprint density at radius 1 is 0.851 bits per heavy atom. The zero-order chi connectivity index (χ0) is 47.0. The molecule has 4 aromatic carbocycles. The molecule has 6 aromatic rings. The zero-order valence-electron chi connectivity index (χ0n) is 36.8. The number of Topliss-reactive ketones (excluding diaryl/α,β-unsaturated/α-hetero) is 1. The van der Waals surface area contributed by atoms with Crippen molar-refractivity contribution in [2.24, 2.45) is 10.2 Å². The van der Waals surface area contributed by atoms with Crippen molar-refractivity contribution in [3.8, 4) is 28.4 Å². The second-order valence-corrected chi connectivity index (χ2v) is 15.6. The van der Waals surface area contributed by atoms with Gasteiger partial charge >= 0.3 is 0 Å². The van der Waals surface area contributed by atoms with Crippen molar-refractivity contribution in [2.45, 2.75) is 38.3 Å². The molecule has 18 nitrogen and oxygen atoms in total. The van der Waals surface area contributed by atoms with Crippen molar-refractivity contribution < 1.29 is 43.0 Å². The summed E-state index contributed by atoms with van der Waals surface area (Å²) in [5, 5.41) is 20.7. The summed E-state index contributed by atoms with van der Waals surface area (Å²) in [5.74, 6) is -1.43. The maximum atomic E-state index is 13.2. The SMILES string of the molecule is CNC(=O)c1cnc2ccc(-c3ccc(C(=O)NCCCC(=O)COc4c(OC)cc(N=Nc5cccc6c5CN(C5CCC(=O)NC5=O)C6=O)cc4OC)nc3)cc2c1Nc1ccccc1. The van der Waals surface area contributed by atoms with Gasteiger partial charge in [-0.25, -0.2) is 0 Å². The van der Waals surface area contributed by atoms with Crippen LogP contribution in [0.3, 0.4) is 0 Å². The molecule has 340 valence electrons. The van der Waals surface area contributed by atoms with Gasteiger partial charge in [0.2, 0.25) is 17.6 Å². The Kier molecular flexibility index (Phi) is 13.5. The molecule has 1 unspecified atom stereocenters. The molecule has 2 aromatic heterocycles. The van der Waals surface area contributed by atoms with Crippen LogP contribution in [0.1, 0.15) is 62.5 Å². The number of ketones is 1. The summed E-state index contributed by atoms with van der Waals surface area (Å²) in [4.78, 5) is 86.5. The van der Waals surface area contributed by atoms with E-state index >= 15 is 0 Å². The van der Waals surface area contributed by atoms with Crippen LogP contribution in [-0.2, 0) is 20.9 Å². The van der Waals surface area contributed by atoms with E-state index in [0.29, 0.717) is 45.7 Å². The fraction of sp³-hybridized carbons (Fsp3) is 0.224. The molecule has 8 rings (SSSR count). The lowest BCUT2D eigenvalue weighted by atomic mass is 10.0. The molecule has 1 atom stereocenters. The highest BCUT2D eigenvalue weighted by Gasteiger charge is 2.40. The van der Waals surface area contributed by atoms with Gasteiger partial charge in [-0.2, -0.15) is 10.2 Å². The van der Waals surface area contributed by atoms with E-state index in [1.54, 1.807) is 61.9 Å². The highest BCUT2D eigenvalue weighted by Crippen LogP contribution is 2.42. The summed E-state index contributed by atoms with van der Waals surface area (Å²) in [6.07, 6.45) is 4.00. The molecule has 4 N–H and O–H groups in total. The van der Waals surface area contributed by atoms with Gasteiger partial charge in [-0.15, -0.1) is 0 Å². The lowest BCUT2D eigenvalue weighted by Gasteiger charge is -2.29. The summed E-state index contributed by atoms with van der Waals surface area (Å²) >= 11 is 0. The van der Waals surface area contributed by atoms with Crippen LogP contribution in [0.5, 0.6) is 17.2 Å². The topological polar surface area (TPSA) is 232 Å². The number of amides is 5. The number of hydrogen-bond donors (Lipinski definition) is 4. The van der Waals surface area contributed by atoms with Crippen LogP contribution < -0.4 is 35.5 Å². The number of azo groups is 1. The van der Waals surface area contributed by atoms with Crippen LogP contribution in [-0.4, -0.2) is 90.6 Å². The number of hydrogen-bond acceptors (Lipinski definition) is 14. The minimum atomic E-state index is -0.764. The number of fused-ring (bicyclic) bond motifs is 2. The summed E-state index contributed by atoms with van der Waals surface area (Å²) in [6, 6.07) is 26.1. The number of benzene rings is 4. The van der Waals surface area contributed by atoms with E-state index in [2.05, 4.69) is 41.5 Å². The van der Waals surface area contributed by atoms with E-state index in [1.165, 1.54) is 19.1 Å². The molecule has 67 heavy (non-hydrogen) atoms. The van der Waals surface area contributed by atoms with E-state index in [1.807, 2.05) is 48.5 Å². The molecule has 5 amide bonds. The van der Waals surface area contributed by atoms with Crippen molar-refractivity contribution in [3.63, 3.8) is 0 Å². The van der Waals surface area contributed by atoms with Gasteiger partial charge < -0.3 is 35.1 Å².